The smallest absolute Gasteiger partial charge is 0.136 e. The molecule has 0 saturated carbocycles. The molecular formula is C68H62N2O. The van der Waals surface area contributed by atoms with Crippen LogP contribution >= 0.6 is 0 Å². The molecule has 10 aromatic carbocycles. The fraction of sp³-hybridized carbons (Fsp3) is 0.176. The first-order chi connectivity index (χ1) is 34.5. The molecule has 0 unspecified atom stereocenters. The number of para-hydroxylation sites is 2. The molecular weight excluding hydrogens is 861 g/mol. The molecule has 0 fully saturated rings. The largest absolute Gasteiger partial charge is 0.456 e. The number of rotatable bonds is 12. The van der Waals surface area contributed by atoms with Crippen LogP contribution in [0.1, 0.15) is 101 Å². The zero-order valence-electron chi connectivity index (χ0n) is 42.2. The van der Waals surface area contributed by atoms with E-state index in [2.05, 4.69) is 271 Å². The molecule has 71 heavy (non-hydrogen) atoms. The third-order valence-corrected chi connectivity index (χ3v) is 14.5. The van der Waals surface area contributed by atoms with Crippen molar-refractivity contribution < 1.29 is 4.42 Å². The van der Waals surface area contributed by atoms with Gasteiger partial charge in [0.15, 0.2) is 0 Å². The van der Waals surface area contributed by atoms with Crippen molar-refractivity contribution in [2.45, 2.75) is 79.1 Å². The summed E-state index contributed by atoms with van der Waals surface area (Å²) in [5, 5.41) is 6.83. The summed E-state index contributed by atoms with van der Waals surface area (Å²) in [6, 6.07) is 76.6. The highest BCUT2D eigenvalue weighted by Gasteiger charge is 2.22. The minimum atomic E-state index is 0.401. The Kier molecular flexibility index (Phi) is 12.1. The number of hydrogen-bond acceptors (Lipinski definition) is 3. The molecule has 11 aromatic rings. The van der Waals surface area contributed by atoms with Gasteiger partial charge in [-0.15, -0.1) is 0 Å². The number of benzene rings is 10. The van der Waals surface area contributed by atoms with Gasteiger partial charge in [0.1, 0.15) is 11.2 Å². The van der Waals surface area contributed by atoms with E-state index in [9.17, 15) is 0 Å². The molecule has 1 heterocycles. The first-order valence-corrected chi connectivity index (χ1v) is 25.5. The summed E-state index contributed by atoms with van der Waals surface area (Å²) in [5.41, 5.74) is 18.6. The van der Waals surface area contributed by atoms with Crippen LogP contribution in [0, 0.1) is 0 Å². The molecule has 0 saturated heterocycles. The van der Waals surface area contributed by atoms with Crippen LogP contribution in [-0.4, -0.2) is 0 Å². The zero-order chi connectivity index (χ0) is 48.9. The molecule has 0 radical (unpaired) electrons. The van der Waals surface area contributed by atoms with E-state index in [1.165, 1.54) is 55.3 Å². The van der Waals surface area contributed by atoms with Gasteiger partial charge in [0.2, 0.25) is 0 Å². The summed E-state index contributed by atoms with van der Waals surface area (Å²) in [6.45, 7) is 18.1. The van der Waals surface area contributed by atoms with Crippen molar-refractivity contribution >= 4 is 77.6 Å². The second-order valence-corrected chi connectivity index (χ2v) is 20.6. The second kappa shape index (κ2) is 18.8. The van der Waals surface area contributed by atoms with Crippen molar-refractivity contribution in [2.75, 3.05) is 9.80 Å². The maximum Gasteiger partial charge on any atom is 0.136 e. The summed E-state index contributed by atoms with van der Waals surface area (Å²) in [6.07, 6.45) is 0. The molecule has 0 aliphatic rings. The van der Waals surface area contributed by atoms with E-state index in [-0.39, 0.29) is 0 Å². The molecule has 0 spiro atoms. The topological polar surface area (TPSA) is 19.6 Å². The molecule has 3 heteroatoms. The predicted octanol–water partition coefficient (Wildman–Crippen LogP) is 20.7. The highest BCUT2D eigenvalue weighted by atomic mass is 16.3. The van der Waals surface area contributed by atoms with Gasteiger partial charge in [0.05, 0.1) is 11.4 Å². The molecule has 0 bridgehead atoms. The third kappa shape index (κ3) is 8.76. The molecule has 11 rings (SSSR count). The minimum absolute atomic E-state index is 0.401. The predicted molar refractivity (Wildman–Crippen MR) is 305 cm³/mol. The monoisotopic (exact) mass is 922 g/mol. The van der Waals surface area contributed by atoms with E-state index in [1.54, 1.807) is 0 Å². The van der Waals surface area contributed by atoms with Crippen molar-refractivity contribution in [3.8, 4) is 22.3 Å². The molecule has 3 nitrogen and oxygen atoms in total. The van der Waals surface area contributed by atoms with Crippen LogP contribution in [0.15, 0.2) is 211 Å². The van der Waals surface area contributed by atoms with E-state index in [4.69, 9.17) is 4.42 Å². The van der Waals surface area contributed by atoms with Crippen LogP contribution < -0.4 is 9.80 Å². The summed E-state index contributed by atoms with van der Waals surface area (Å²) in [4.78, 5) is 4.82. The molecule has 0 aliphatic heterocycles. The van der Waals surface area contributed by atoms with Crippen LogP contribution in [-0.2, 0) is 0 Å². The standard InChI is InChI=1S/C68H62N2O/c1-43(2)47-19-23-49(24-20-47)61-37-51(45(5)6)29-33-65(61)69(57-15-11-9-12-16-57)59-31-27-53-39-63-64-40-54-28-32-60(36-56(54)42-68(64)71-67(63)41-55(53)35-59)70(58-17-13-10-14-18-58)66-34-30-52(46(7)8)38-62(66)50-25-21-48(22-26-50)44(3)4/h9-46H,1-8H3. The van der Waals surface area contributed by atoms with Crippen LogP contribution in [0.2, 0.25) is 0 Å². The SMILES string of the molecule is CC(C)c1ccc(-c2cc(C(C)C)ccc2N(c2ccccc2)c2ccc3cc4c(cc3c2)oc2cc3cc(N(c5ccccc5)c5ccc(C(C)C)cc5-c5ccc(C(C)C)cc5)ccc3cc24)cc1. The maximum absolute atomic E-state index is 6.86. The fourth-order valence-electron chi connectivity index (χ4n) is 10.3. The summed E-state index contributed by atoms with van der Waals surface area (Å²) < 4.78 is 6.86. The van der Waals surface area contributed by atoms with Crippen LogP contribution in [0.3, 0.4) is 0 Å². The molecule has 0 atom stereocenters. The Hall–Kier alpha value is -7.88. The van der Waals surface area contributed by atoms with Crippen molar-refractivity contribution in [2.24, 2.45) is 0 Å². The Bertz CT molecular complexity index is 3450. The lowest BCUT2D eigenvalue weighted by molar-refractivity contribution is 0.670. The number of fused-ring (bicyclic) bond motifs is 5. The van der Waals surface area contributed by atoms with Gasteiger partial charge >= 0.3 is 0 Å². The van der Waals surface area contributed by atoms with Crippen molar-refractivity contribution in [3.05, 3.63) is 229 Å². The van der Waals surface area contributed by atoms with E-state index in [1.807, 2.05) is 0 Å². The average Bonchev–Trinajstić information content (AvgIpc) is 3.73. The van der Waals surface area contributed by atoms with Crippen molar-refractivity contribution in [3.63, 3.8) is 0 Å². The van der Waals surface area contributed by atoms with Gasteiger partial charge in [0, 0.05) is 44.6 Å². The molecule has 1 aromatic heterocycles. The van der Waals surface area contributed by atoms with Crippen LogP contribution in [0.4, 0.5) is 34.1 Å². The van der Waals surface area contributed by atoms with Crippen molar-refractivity contribution in [1.82, 2.24) is 0 Å². The Balaban J connectivity index is 1.02. The summed E-state index contributed by atoms with van der Waals surface area (Å²) >= 11 is 0. The zero-order valence-corrected chi connectivity index (χ0v) is 42.2. The van der Waals surface area contributed by atoms with Crippen molar-refractivity contribution in [1.29, 1.82) is 0 Å². The third-order valence-electron chi connectivity index (χ3n) is 14.5. The Morgan fingerprint density at radius 2 is 0.662 bits per heavy atom. The number of anilines is 6. The van der Waals surface area contributed by atoms with E-state index >= 15 is 0 Å². The summed E-state index contributed by atoms with van der Waals surface area (Å²) in [5.74, 6) is 1.74. The van der Waals surface area contributed by atoms with Gasteiger partial charge in [-0.05, 0) is 176 Å². The maximum atomic E-state index is 6.86. The molecule has 0 N–H and O–H groups in total. The first kappa shape index (κ1) is 45.6. The Labute approximate surface area is 419 Å². The van der Waals surface area contributed by atoms with Gasteiger partial charge < -0.3 is 14.2 Å². The fourth-order valence-corrected chi connectivity index (χ4v) is 10.3. The highest BCUT2D eigenvalue weighted by molar-refractivity contribution is 6.14. The van der Waals surface area contributed by atoms with Crippen LogP contribution in [0.5, 0.6) is 0 Å². The highest BCUT2D eigenvalue weighted by Crippen LogP contribution is 2.46. The molecule has 350 valence electrons. The Morgan fingerprint density at radius 3 is 1.03 bits per heavy atom. The van der Waals surface area contributed by atoms with E-state index in [0.717, 1.165) is 66.8 Å². The normalized spacial score (nSPS) is 11.9. The number of nitrogens with zero attached hydrogens (tertiary/aromatic N) is 2. The van der Waals surface area contributed by atoms with Gasteiger partial charge in [-0.2, -0.15) is 0 Å². The average molecular weight is 923 g/mol. The lowest BCUT2D eigenvalue weighted by Crippen LogP contribution is -2.11. The van der Waals surface area contributed by atoms with E-state index in [0.29, 0.717) is 23.7 Å². The lowest BCUT2D eigenvalue weighted by atomic mass is 9.93. The van der Waals surface area contributed by atoms with Gasteiger partial charge in [-0.3, -0.25) is 0 Å². The second-order valence-electron chi connectivity index (χ2n) is 20.6. The van der Waals surface area contributed by atoms with E-state index < -0.39 is 0 Å². The van der Waals surface area contributed by atoms with Gasteiger partial charge in [0.25, 0.3) is 0 Å². The number of hydrogen-bond donors (Lipinski definition) is 0. The van der Waals surface area contributed by atoms with Crippen LogP contribution in [0.25, 0.3) is 65.7 Å². The lowest BCUT2D eigenvalue weighted by Gasteiger charge is -2.29. The quantitative estimate of drug-likeness (QED) is 0.122. The van der Waals surface area contributed by atoms with Gasteiger partial charge in [-0.25, -0.2) is 0 Å². The minimum Gasteiger partial charge on any atom is -0.456 e. The van der Waals surface area contributed by atoms with Gasteiger partial charge in [-0.1, -0.05) is 165 Å². The number of furan rings is 1. The first-order valence-electron chi connectivity index (χ1n) is 25.5. The Morgan fingerprint density at radius 1 is 0.296 bits per heavy atom. The molecule has 0 aliphatic carbocycles. The molecule has 0 amide bonds. The summed E-state index contributed by atoms with van der Waals surface area (Å²) in [7, 11) is 0.